The number of rotatable bonds is 10. The quantitative estimate of drug-likeness (QED) is 0.0929. The Hall–Kier alpha value is -8.58. The van der Waals surface area contributed by atoms with E-state index in [2.05, 4.69) is 31.6 Å². The third kappa shape index (κ3) is 21.0. The number of ether oxygens (including phenoxy) is 2. The molecule has 2 fully saturated rings. The van der Waals surface area contributed by atoms with Crippen molar-refractivity contribution in [3.63, 3.8) is 0 Å². The minimum Gasteiger partial charge on any atom is -0.399 e. The van der Waals surface area contributed by atoms with Gasteiger partial charge in [0.1, 0.15) is 41.9 Å². The lowest BCUT2D eigenvalue weighted by Gasteiger charge is -2.31. The van der Waals surface area contributed by atoms with Crippen LogP contribution in [0.5, 0.6) is 0 Å². The molecule has 96 heavy (non-hydrogen) atoms. The van der Waals surface area contributed by atoms with Crippen molar-refractivity contribution in [2.75, 3.05) is 45.3 Å². The second-order valence-corrected chi connectivity index (χ2v) is 30.9. The molecule has 5 aromatic rings. The third-order valence-electron chi connectivity index (χ3n) is 16.5. The molecule has 520 valence electrons. The Labute approximate surface area is 559 Å². The lowest BCUT2D eigenvalue weighted by Crippen LogP contribution is -2.56. The van der Waals surface area contributed by atoms with Crippen LogP contribution in [0.1, 0.15) is 116 Å². The summed E-state index contributed by atoms with van der Waals surface area (Å²) in [6.45, 7) is 10.5. The summed E-state index contributed by atoms with van der Waals surface area (Å²) in [5.74, 6) is 1.15. The Morgan fingerprint density at radius 3 is 1.47 bits per heavy atom. The number of benzene rings is 4. The van der Waals surface area contributed by atoms with Gasteiger partial charge in [-0.3, -0.25) is 47.8 Å². The van der Waals surface area contributed by atoms with Crippen molar-refractivity contribution >= 4 is 88.8 Å². The molecule has 3 aliphatic heterocycles. The number of carbonyl (C=O) groups is 8. The number of hydrogen-bond acceptors (Lipinski definition) is 19. The number of hydrazine groups is 1. The van der Waals surface area contributed by atoms with Crippen molar-refractivity contribution in [2.24, 2.45) is 22.4 Å². The van der Waals surface area contributed by atoms with Crippen LogP contribution >= 0.6 is 0 Å². The summed E-state index contributed by atoms with van der Waals surface area (Å²) in [7, 11) is -8.24. The summed E-state index contributed by atoms with van der Waals surface area (Å²) in [4.78, 5) is 118. The van der Waals surface area contributed by atoms with Gasteiger partial charge >= 0.3 is 0 Å². The van der Waals surface area contributed by atoms with Gasteiger partial charge in [-0.15, -0.1) is 5.10 Å². The molecule has 8 atom stereocenters. The molecule has 8 amide bonds. The predicted molar refractivity (Wildman–Crippen MR) is 357 cm³/mol. The fourth-order valence-electron chi connectivity index (χ4n) is 12.1. The molecule has 0 spiro atoms. The Kier molecular flexibility index (Phi) is 24.1. The molecule has 1 aromatic heterocycles. The Balaban J connectivity index is 1.14. The maximum absolute atomic E-state index is 15.0. The third-order valence-corrected chi connectivity index (χ3v) is 17.7. The number of aromatic nitrogens is 3. The van der Waals surface area contributed by atoms with Crippen LogP contribution in [0.4, 0.5) is 0 Å². The highest BCUT2D eigenvalue weighted by atomic mass is 32.2. The van der Waals surface area contributed by atoms with Crippen molar-refractivity contribution in [1.82, 2.24) is 60.5 Å². The average Bonchev–Trinajstić information content (AvgIpc) is 1.82. The van der Waals surface area contributed by atoms with Crippen molar-refractivity contribution in [3.8, 4) is 0 Å². The van der Waals surface area contributed by atoms with E-state index in [0.717, 1.165) is 49.9 Å². The number of nitrogens with one attached hydrogen (secondary N) is 6. The highest BCUT2D eigenvalue weighted by molar-refractivity contribution is 7.89. The molecular weight excluding hydrogens is 1280 g/mol. The molecule has 0 aliphatic carbocycles. The van der Waals surface area contributed by atoms with Crippen molar-refractivity contribution in [2.45, 2.75) is 161 Å². The van der Waals surface area contributed by atoms with E-state index in [4.69, 9.17) is 21.1 Å². The fraction of sp³-hybridized carbons (Fsp3) is 0.515. The molecule has 3 aliphatic rings. The monoisotopic (exact) mass is 1370 g/mol. The number of likely N-dealkylation sites (tertiary alicyclic amines) is 2. The van der Waals surface area contributed by atoms with Gasteiger partial charge in [0, 0.05) is 58.1 Å². The first kappa shape index (κ1) is 73.2. The Morgan fingerprint density at radius 2 is 1.02 bits per heavy atom. The summed E-state index contributed by atoms with van der Waals surface area (Å²) < 4.78 is 67.9. The zero-order valence-electron chi connectivity index (χ0n) is 55.5. The Bertz CT molecular complexity index is 3940. The van der Waals surface area contributed by atoms with Crippen LogP contribution in [0.3, 0.4) is 0 Å². The van der Waals surface area contributed by atoms with E-state index in [1.807, 2.05) is 136 Å². The summed E-state index contributed by atoms with van der Waals surface area (Å²) in [5.41, 5.74) is 6.98. The first-order valence-electron chi connectivity index (χ1n) is 32.0. The standard InChI is InChI=1S/C66H90N14O14S2/c1-65(2,3)35-55(81)77-29-25-53-57(77)63(87)71-50(34-42-22-24-44-16-10-12-18-46(44)32-42)60(84)70-28-14-20-52(62(86)75-96(8,91)92)80-38-48(73-76-80)40-94-54-26-30-78(56(82)36-66(4,5)6)58(54)64(88)72-49(33-41-21-23-43-15-9-11-17-45(43)31-41)59(83)69-27-13-19-51(61(85)74-95(7,89)90)79(68)37-47(67)39-93-53/h9-12,15-18,21-24,31-32,37-38,49-54,57-58H,13-14,19-20,25-30,33-36,39-40,67-68H2,1-8H3,(H,69,83)(H,70,84)(H,71,87)(H,72,88)(H,74,85)(H,75,86)/t49-,50-,51-,52-,53+,54+,57-,58-/m0/s1. The lowest BCUT2D eigenvalue weighted by atomic mass is 9.91. The minimum atomic E-state index is -4.13. The fourth-order valence-corrected chi connectivity index (χ4v) is 13.1. The topological polar surface area (TPSA) is 388 Å². The summed E-state index contributed by atoms with van der Waals surface area (Å²) in [5, 5.41) is 24.5. The molecule has 4 aromatic carbocycles. The molecule has 2 saturated heterocycles. The van der Waals surface area contributed by atoms with Gasteiger partial charge in [0.2, 0.25) is 55.5 Å². The van der Waals surface area contributed by atoms with E-state index in [9.17, 15) is 50.4 Å². The van der Waals surface area contributed by atoms with Crippen LogP contribution in [-0.2, 0) is 87.3 Å². The van der Waals surface area contributed by atoms with Gasteiger partial charge in [0.15, 0.2) is 0 Å². The SMILES string of the molecule is CC(C)(C)CC(=O)N1CC[C@H]2OCC(N)=CN(N)[C@H](C(=O)NS(C)(=O)=O)CCCNC(=O)[C@H](Cc3ccc4ccccc4c3)NC(=O)[C@@H]3[C@@H](CCN3C(=O)CC(C)(C)C)OCc3cn(nn3)[C@H](C(=O)NS(C)(=O)=O)CCCNC(=O)[C@H](Cc3ccc4ccccc4c3)NC(=O)[C@H]21. The average molecular weight is 1370 g/mol. The van der Waals surface area contributed by atoms with Gasteiger partial charge in [0.25, 0.3) is 11.8 Å². The van der Waals surface area contributed by atoms with E-state index in [0.29, 0.717) is 11.1 Å². The van der Waals surface area contributed by atoms with E-state index in [1.54, 1.807) is 0 Å². The Morgan fingerprint density at radius 1 is 0.594 bits per heavy atom. The van der Waals surface area contributed by atoms with E-state index in [-0.39, 0.29) is 120 Å². The maximum atomic E-state index is 15.0. The van der Waals surface area contributed by atoms with E-state index >= 15 is 4.79 Å². The van der Waals surface area contributed by atoms with Crippen LogP contribution in [0, 0.1) is 10.8 Å². The number of nitrogens with two attached hydrogens (primary N) is 2. The van der Waals surface area contributed by atoms with Gasteiger partial charge in [0.05, 0.1) is 49.8 Å². The normalized spacial score (nSPS) is 23.2. The summed E-state index contributed by atoms with van der Waals surface area (Å²) in [6, 6.07) is 18.6. The molecule has 8 rings (SSSR count). The number of carbonyl (C=O) groups excluding carboxylic acids is 8. The highest BCUT2D eigenvalue weighted by Crippen LogP contribution is 2.30. The van der Waals surface area contributed by atoms with Gasteiger partial charge in [-0.05, 0) is 82.0 Å². The van der Waals surface area contributed by atoms with E-state index in [1.165, 1.54) is 16.0 Å². The first-order valence-corrected chi connectivity index (χ1v) is 35.8. The van der Waals surface area contributed by atoms with Crippen LogP contribution < -0.4 is 42.3 Å². The smallest absolute Gasteiger partial charge is 0.258 e. The molecule has 0 radical (unpaired) electrons. The van der Waals surface area contributed by atoms with E-state index < -0.39 is 121 Å². The number of hydrogen-bond donors (Lipinski definition) is 8. The highest BCUT2D eigenvalue weighted by Gasteiger charge is 2.46. The minimum absolute atomic E-state index is 0.0146. The number of nitrogens with zero attached hydrogens (tertiary/aromatic N) is 6. The van der Waals surface area contributed by atoms with Crippen molar-refractivity contribution in [3.05, 3.63) is 120 Å². The van der Waals surface area contributed by atoms with Gasteiger partial charge < -0.3 is 51.3 Å². The van der Waals surface area contributed by atoms with Gasteiger partial charge in [-0.25, -0.2) is 27.4 Å². The maximum Gasteiger partial charge on any atom is 0.258 e. The van der Waals surface area contributed by atoms with Crippen molar-refractivity contribution in [1.29, 1.82) is 0 Å². The van der Waals surface area contributed by atoms with Crippen molar-refractivity contribution < 1.29 is 64.7 Å². The van der Waals surface area contributed by atoms with Gasteiger partial charge in [-0.1, -0.05) is 132 Å². The summed E-state index contributed by atoms with van der Waals surface area (Å²) >= 11 is 0. The molecular formula is C66H90N14O14S2. The zero-order chi connectivity index (χ0) is 69.9. The molecule has 0 saturated carbocycles. The predicted octanol–water partition coefficient (Wildman–Crippen LogP) is 2.23. The van der Waals surface area contributed by atoms with Crippen LogP contribution in [0.25, 0.3) is 21.5 Å². The van der Waals surface area contributed by atoms with Crippen LogP contribution in [0.2, 0.25) is 0 Å². The number of fused-ring (bicyclic) bond motifs is 6. The molecule has 30 heteroatoms. The zero-order valence-corrected chi connectivity index (χ0v) is 57.2. The molecule has 10 N–H and O–H groups in total. The summed E-state index contributed by atoms with van der Waals surface area (Å²) in [6.07, 6.45) is 2.37. The largest absolute Gasteiger partial charge is 0.399 e. The molecule has 0 unspecified atom stereocenters. The second-order valence-electron chi connectivity index (χ2n) is 27.4. The number of amides is 8. The molecule has 4 heterocycles. The molecule has 2 bridgehead atoms. The first-order chi connectivity index (χ1) is 45.2. The van der Waals surface area contributed by atoms with Gasteiger partial charge in [-0.2, -0.15) is 0 Å². The van der Waals surface area contributed by atoms with Crippen LogP contribution in [0.15, 0.2) is 103 Å². The molecule has 28 nitrogen and oxygen atoms in total. The van der Waals surface area contributed by atoms with Crippen LogP contribution in [-0.4, -0.2) is 182 Å². The number of sulfonamides is 2. The second kappa shape index (κ2) is 31.5. The lowest BCUT2D eigenvalue weighted by molar-refractivity contribution is -0.144.